The van der Waals surface area contributed by atoms with Crippen LogP contribution >= 0.6 is 15.9 Å². The number of carbonyl (C=O) groups excluding carboxylic acids is 5. The fourth-order valence-electron chi connectivity index (χ4n) is 0.864. The van der Waals surface area contributed by atoms with E-state index in [0.29, 0.717) is 6.08 Å². The first-order valence-corrected chi connectivity index (χ1v) is 6.04. The monoisotopic (exact) mass is 350 g/mol. The lowest BCUT2D eigenvalue weighted by atomic mass is 10.4. The Kier molecular flexibility index (Phi) is 8.06. The number of hydrogen-bond acceptors (Lipinski definition) is 8. The average Bonchev–Trinajstić information content (AvgIpc) is 2.32. The molecule has 0 aliphatic rings. The van der Waals surface area contributed by atoms with Crippen molar-refractivity contribution in [1.29, 1.82) is 0 Å². The van der Waals surface area contributed by atoms with Crippen molar-refractivity contribution >= 4 is 44.5 Å². The molecule has 20 heavy (non-hydrogen) atoms. The maximum atomic E-state index is 11.3. The third kappa shape index (κ3) is 7.41. The Morgan fingerprint density at radius 1 is 1.10 bits per heavy atom. The van der Waals surface area contributed by atoms with Gasteiger partial charge in [0.05, 0.1) is 6.61 Å². The van der Waals surface area contributed by atoms with Gasteiger partial charge in [0, 0.05) is 19.1 Å². The number of esters is 4. The molecule has 0 aliphatic heterocycles. The van der Waals surface area contributed by atoms with E-state index < -0.39 is 34.7 Å². The van der Waals surface area contributed by atoms with E-state index in [9.17, 15) is 24.0 Å². The molecule has 0 fully saturated rings. The number of rotatable bonds is 6. The molecule has 0 aromatic rings. The number of halogens is 1. The summed E-state index contributed by atoms with van der Waals surface area (Å²) < 4.78 is 12.0. The topological polar surface area (TPSA) is 113 Å². The maximum absolute atomic E-state index is 11.3. The van der Waals surface area contributed by atoms with Crippen LogP contribution in [-0.4, -0.2) is 41.3 Å². The SMILES string of the molecule is CCOC(=O)C=CC(=O)OC(C(=O)Br)C(=O)OC(C)=O. The van der Waals surface area contributed by atoms with Crippen LogP contribution in [0.3, 0.4) is 0 Å². The third-order valence-corrected chi connectivity index (χ3v) is 1.96. The molecule has 8 nitrogen and oxygen atoms in total. The number of ether oxygens (including phenoxy) is 3. The number of carbonyl (C=O) groups is 5. The Hall–Kier alpha value is -2.03. The summed E-state index contributed by atoms with van der Waals surface area (Å²) in [6, 6.07) is 0. The van der Waals surface area contributed by atoms with Crippen LogP contribution in [0.25, 0.3) is 0 Å². The van der Waals surface area contributed by atoms with E-state index in [4.69, 9.17) is 0 Å². The van der Waals surface area contributed by atoms with Gasteiger partial charge in [-0.15, -0.1) is 0 Å². The minimum Gasteiger partial charge on any atom is -0.463 e. The molecule has 0 rings (SSSR count). The van der Waals surface area contributed by atoms with Crippen molar-refractivity contribution in [2.24, 2.45) is 0 Å². The normalized spacial score (nSPS) is 11.6. The van der Waals surface area contributed by atoms with Gasteiger partial charge in [0.2, 0.25) is 4.69 Å². The maximum Gasteiger partial charge on any atom is 0.364 e. The second-order valence-corrected chi connectivity index (χ2v) is 3.90. The van der Waals surface area contributed by atoms with Crippen LogP contribution in [0.1, 0.15) is 13.8 Å². The zero-order valence-corrected chi connectivity index (χ0v) is 12.2. The Labute approximate surface area is 122 Å². The highest BCUT2D eigenvalue weighted by Gasteiger charge is 2.31. The summed E-state index contributed by atoms with van der Waals surface area (Å²) in [6.45, 7) is 2.63. The van der Waals surface area contributed by atoms with E-state index in [1.165, 1.54) is 0 Å². The molecule has 0 radical (unpaired) electrons. The van der Waals surface area contributed by atoms with Gasteiger partial charge in [-0.3, -0.25) is 9.59 Å². The van der Waals surface area contributed by atoms with E-state index in [1.807, 2.05) is 0 Å². The summed E-state index contributed by atoms with van der Waals surface area (Å²) in [5.41, 5.74) is 0. The first-order chi connectivity index (χ1) is 9.27. The Morgan fingerprint density at radius 3 is 2.10 bits per heavy atom. The minimum atomic E-state index is -1.95. The van der Waals surface area contributed by atoms with Gasteiger partial charge in [-0.05, 0) is 22.9 Å². The fraction of sp³-hybridized carbons (Fsp3) is 0.364. The molecule has 0 aromatic carbocycles. The second kappa shape index (κ2) is 8.97. The molecular weight excluding hydrogens is 340 g/mol. The Bertz CT molecular complexity index is 453. The molecule has 0 aliphatic carbocycles. The lowest BCUT2D eigenvalue weighted by molar-refractivity contribution is -0.171. The summed E-state index contributed by atoms with van der Waals surface area (Å²) in [6.07, 6.45) is -0.516. The molecule has 0 N–H and O–H groups in total. The van der Waals surface area contributed by atoms with E-state index >= 15 is 0 Å². The van der Waals surface area contributed by atoms with Crippen LogP contribution < -0.4 is 0 Å². The van der Waals surface area contributed by atoms with Gasteiger partial charge in [0.15, 0.2) is 0 Å². The van der Waals surface area contributed by atoms with E-state index in [2.05, 4.69) is 30.1 Å². The van der Waals surface area contributed by atoms with Crippen LogP contribution in [0.2, 0.25) is 0 Å². The standard InChI is InChI=1S/C11H11BrO8/c1-3-18-7(14)4-5-8(15)20-9(10(12)16)11(17)19-6(2)13/h4-5,9H,3H2,1-2H3. The van der Waals surface area contributed by atoms with Crippen molar-refractivity contribution < 1.29 is 38.2 Å². The van der Waals surface area contributed by atoms with Crippen molar-refractivity contribution in [1.82, 2.24) is 0 Å². The predicted molar refractivity (Wildman–Crippen MR) is 66.4 cm³/mol. The zero-order valence-electron chi connectivity index (χ0n) is 10.6. The highest BCUT2D eigenvalue weighted by molar-refractivity contribution is 9.18. The van der Waals surface area contributed by atoms with Crippen molar-refractivity contribution in [2.75, 3.05) is 6.61 Å². The van der Waals surface area contributed by atoms with Gasteiger partial charge in [-0.1, -0.05) is 0 Å². The van der Waals surface area contributed by atoms with Crippen molar-refractivity contribution in [3.05, 3.63) is 12.2 Å². The van der Waals surface area contributed by atoms with Crippen LogP contribution in [0, 0.1) is 0 Å². The summed E-state index contributed by atoms with van der Waals surface area (Å²) in [4.78, 5) is 55.1. The van der Waals surface area contributed by atoms with Gasteiger partial charge in [-0.25, -0.2) is 14.4 Å². The van der Waals surface area contributed by atoms with Gasteiger partial charge >= 0.3 is 23.9 Å². The molecule has 110 valence electrons. The minimum absolute atomic E-state index is 0.117. The lowest BCUT2D eigenvalue weighted by Gasteiger charge is -2.10. The fourth-order valence-corrected chi connectivity index (χ4v) is 1.14. The number of hydrogen-bond donors (Lipinski definition) is 0. The molecule has 9 heteroatoms. The quantitative estimate of drug-likeness (QED) is 0.217. The molecular formula is C11H11BrO8. The molecule has 0 saturated heterocycles. The van der Waals surface area contributed by atoms with Crippen molar-refractivity contribution in [3.63, 3.8) is 0 Å². The largest absolute Gasteiger partial charge is 0.463 e. The van der Waals surface area contributed by atoms with Gasteiger partial charge in [0.25, 0.3) is 6.10 Å². The summed E-state index contributed by atoms with van der Waals surface area (Å²) in [7, 11) is 0. The highest BCUT2D eigenvalue weighted by atomic mass is 79.9. The zero-order chi connectivity index (χ0) is 15.7. The summed E-state index contributed by atoms with van der Waals surface area (Å²) in [5.74, 6) is -4.27. The van der Waals surface area contributed by atoms with Crippen LogP contribution in [0.15, 0.2) is 12.2 Å². The highest BCUT2D eigenvalue weighted by Crippen LogP contribution is 2.04. The van der Waals surface area contributed by atoms with E-state index in [1.54, 1.807) is 6.92 Å². The van der Waals surface area contributed by atoms with E-state index in [0.717, 1.165) is 13.0 Å². The Balaban J connectivity index is 4.64. The molecule has 0 aromatic heterocycles. The molecule has 0 spiro atoms. The average molecular weight is 351 g/mol. The lowest BCUT2D eigenvalue weighted by Crippen LogP contribution is -2.34. The molecule has 0 saturated carbocycles. The van der Waals surface area contributed by atoms with Gasteiger partial charge in [-0.2, -0.15) is 0 Å². The third-order valence-electron chi connectivity index (χ3n) is 1.54. The predicted octanol–water partition coefficient (Wildman–Crippen LogP) is 0.0287. The van der Waals surface area contributed by atoms with E-state index in [-0.39, 0.29) is 6.61 Å². The van der Waals surface area contributed by atoms with Crippen LogP contribution in [-0.2, 0) is 38.2 Å². The molecule has 0 amide bonds. The smallest absolute Gasteiger partial charge is 0.364 e. The molecule has 0 bridgehead atoms. The first-order valence-electron chi connectivity index (χ1n) is 5.25. The van der Waals surface area contributed by atoms with Crippen molar-refractivity contribution in [3.8, 4) is 0 Å². The second-order valence-electron chi connectivity index (χ2n) is 3.12. The molecule has 1 unspecified atom stereocenters. The first kappa shape index (κ1) is 18.0. The van der Waals surface area contributed by atoms with Crippen LogP contribution in [0.5, 0.6) is 0 Å². The van der Waals surface area contributed by atoms with Gasteiger partial charge < -0.3 is 14.2 Å². The summed E-state index contributed by atoms with van der Waals surface area (Å²) in [5, 5.41) is 0. The summed E-state index contributed by atoms with van der Waals surface area (Å²) >= 11 is 2.42. The van der Waals surface area contributed by atoms with Crippen molar-refractivity contribution in [2.45, 2.75) is 20.0 Å². The molecule has 1 atom stereocenters. The van der Waals surface area contributed by atoms with Gasteiger partial charge in [0.1, 0.15) is 0 Å². The molecule has 0 heterocycles. The van der Waals surface area contributed by atoms with Crippen LogP contribution in [0.4, 0.5) is 0 Å². The Morgan fingerprint density at radius 2 is 1.65 bits per heavy atom.